The van der Waals surface area contributed by atoms with Gasteiger partial charge in [0.2, 0.25) is 0 Å². The van der Waals surface area contributed by atoms with E-state index < -0.39 is 0 Å². The minimum atomic E-state index is -0.324. The molecule has 160 valence electrons. The molecule has 0 spiro atoms. The van der Waals surface area contributed by atoms with Crippen LogP contribution in [0.4, 0.5) is 0 Å². The van der Waals surface area contributed by atoms with Crippen molar-refractivity contribution in [2.45, 2.75) is 64.3 Å². The highest BCUT2D eigenvalue weighted by Gasteiger charge is 2.18. The van der Waals surface area contributed by atoms with Crippen LogP contribution in [0.5, 0.6) is 0 Å². The van der Waals surface area contributed by atoms with Crippen molar-refractivity contribution in [3.8, 4) is 0 Å². The number of alkyl halides is 2. The van der Waals surface area contributed by atoms with Crippen LogP contribution in [0.1, 0.15) is 49.7 Å². The van der Waals surface area contributed by atoms with Crippen molar-refractivity contribution in [3.63, 3.8) is 0 Å². The van der Waals surface area contributed by atoms with Crippen LogP contribution in [0.25, 0.3) is 0 Å². The summed E-state index contributed by atoms with van der Waals surface area (Å²) in [5, 5.41) is 0. The van der Waals surface area contributed by atoms with E-state index in [9.17, 15) is 0 Å². The zero-order valence-corrected chi connectivity index (χ0v) is 18.5. The predicted octanol–water partition coefficient (Wildman–Crippen LogP) is 6.91. The van der Waals surface area contributed by atoms with Gasteiger partial charge in [-0.15, -0.1) is 23.2 Å². The van der Waals surface area contributed by atoms with E-state index in [-0.39, 0.29) is 12.6 Å². The minimum absolute atomic E-state index is 0.324. The van der Waals surface area contributed by atoms with Crippen molar-refractivity contribution >= 4 is 23.2 Å². The van der Waals surface area contributed by atoms with Gasteiger partial charge in [0, 0.05) is 11.8 Å². The topological polar surface area (TPSA) is 27.7 Å². The highest BCUT2D eigenvalue weighted by atomic mass is 35.5. The van der Waals surface area contributed by atoms with E-state index in [2.05, 4.69) is 24.3 Å². The summed E-state index contributed by atoms with van der Waals surface area (Å²) in [4.78, 5) is 0. The first-order chi connectivity index (χ1) is 14.3. The molecule has 29 heavy (non-hydrogen) atoms. The average molecular weight is 439 g/mol. The molecule has 0 N–H and O–H groups in total. The second-order valence-corrected chi connectivity index (χ2v) is 7.71. The van der Waals surface area contributed by atoms with Crippen LogP contribution in [0, 0.1) is 0 Å². The molecule has 0 saturated carbocycles. The summed E-state index contributed by atoms with van der Waals surface area (Å²) in [5.74, 6) is 1.30. The van der Waals surface area contributed by atoms with Crippen LogP contribution < -0.4 is 0 Å². The van der Waals surface area contributed by atoms with Gasteiger partial charge in [-0.3, -0.25) is 0 Å². The summed E-state index contributed by atoms with van der Waals surface area (Å²) in [7, 11) is 0. The molecule has 0 aromatic heterocycles. The fourth-order valence-corrected chi connectivity index (χ4v) is 3.27. The summed E-state index contributed by atoms with van der Waals surface area (Å²) in [6.45, 7) is 1.03. The molecule has 5 heteroatoms. The molecule has 0 bridgehead atoms. The lowest BCUT2D eigenvalue weighted by molar-refractivity contribution is -0.256. The van der Waals surface area contributed by atoms with Crippen molar-refractivity contribution in [2.75, 3.05) is 11.8 Å². The fourth-order valence-electron chi connectivity index (χ4n) is 2.89. The molecular weight excluding hydrogens is 407 g/mol. The Morgan fingerprint density at radius 2 is 1.00 bits per heavy atom. The Kier molecular flexibility index (Phi) is 13.1. The molecule has 2 atom stereocenters. The number of rotatable bonds is 16. The van der Waals surface area contributed by atoms with Crippen molar-refractivity contribution < 1.29 is 14.2 Å². The van der Waals surface area contributed by atoms with E-state index in [1.165, 1.54) is 0 Å². The van der Waals surface area contributed by atoms with Gasteiger partial charge in [0.05, 0.1) is 13.2 Å². The standard InChI is InChI=1S/C24H32Cl2O3/c25-17-9-7-15-23(27-19-21-11-3-1-4-12-21)29-24(16-8-10-18-26)28-20-22-13-5-2-6-14-22/h1-6,11-14,23-24H,7-10,15-20H2. The lowest BCUT2D eigenvalue weighted by atomic mass is 10.2. The number of halogens is 2. The third kappa shape index (κ3) is 11.0. The van der Waals surface area contributed by atoms with Crippen LogP contribution in [0.15, 0.2) is 60.7 Å². The molecule has 0 saturated heterocycles. The largest absolute Gasteiger partial charge is 0.348 e. The van der Waals surface area contributed by atoms with Gasteiger partial charge in [0.1, 0.15) is 0 Å². The van der Waals surface area contributed by atoms with Gasteiger partial charge >= 0.3 is 0 Å². The molecule has 0 heterocycles. The number of benzene rings is 2. The molecule has 0 fully saturated rings. The van der Waals surface area contributed by atoms with E-state index in [4.69, 9.17) is 37.4 Å². The van der Waals surface area contributed by atoms with Crippen LogP contribution in [0.3, 0.4) is 0 Å². The summed E-state index contributed by atoms with van der Waals surface area (Å²) in [5.41, 5.74) is 2.25. The van der Waals surface area contributed by atoms with E-state index in [1.807, 2.05) is 36.4 Å². The zero-order chi connectivity index (χ0) is 20.6. The van der Waals surface area contributed by atoms with Gasteiger partial charge in [0.25, 0.3) is 0 Å². The minimum Gasteiger partial charge on any atom is -0.348 e. The Balaban J connectivity index is 1.92. The number of unbranched alkanes of at least 4 members (excludes halogenated alkanes) is 2. The van der Waals surface area contributed by atoms with Crippen LogP contribution in [-0.2, 0) is 27.4 Å². The maximum absolute atomic E-state index is 6.26. The SMILES string of the molecule is ClCCCCC(OCc1ccccc1)OC(CCCCCl)OCc1ccccc1. The molecule has 0 amide bonds. The molecule has 2 aromatic rings. The van der Waals surface area contributed by atoms with E-state index >= 15 is 0 Å². The third-order valence-corrected chi connectivity index (χ3v) is 5.04. The van der Waals surface area contributed by atoms with E-state index in [1.54, 1.807) is 0 Å². The van der Waals surface area contributed by atoms with Crippen LogP contribution >= 0.6 is 23.2 Å². The zero-order valence-electron chi connectivity index (χ0n) is 17.0. The second kappa shape index (κ2) is 15.7. The van der Waals surface area contributed by atoms with E-state index in [0.717, 1.165) is 49.7 Å². The number of hydrogen-bond donors (Lipinski definition) is 0. The Hall–Kier alpha value is -1.10. The van der Waals surface area contributed by atoms with Gasteiger partial charge in [-0.2, -0.15) is 0 Å². The first-order valence-corrected chi connectivity index (χ1v) is 11.5. The Labute approximate surface area is 185 Å². The number of hydrogen-bond acceptors (Lipinski definition) is 3. The molecule has 2 rings (SSSR count). The van der Waals surface area contributed by atoms with Crippen LogP contribution in [0.2, 0.25) is 0 Å². The normalized spacial score (nSPS) is 13.3. The highest BCUT2D eigenvalue weighted by molar-refractivity contribution is 6.18. The Bertz CT molecular complexity index is 569. The van der Waals surface area contributed by atoms with Crippen molar-refractivity contribution in [1.29, 1.82) is 0 Å². The molecule has 2 aromatic carbocycles. The van der Waals surface area contributed by atoms with Gasteiger partial charge in [-0.05, 0) is 49.7 Å². The summed E-state index contributed by atoms with van der Waals surface area (Å²) in [6.07, 6.45) is 4.73. The molecule has 0 radical (unpaired) electrons. The maximum atomic E-state index is 6.26. The Morgan fingerprint density at radius 1 is 0.586 bits per heavy atom. The van der Waals surface area contributed by atoms with Gasteiger partial charge < -0.3 is 14.2 Å². The van der Waals surface area contributed by atoms with Crippen molar-refractivity contribution in [2.24, 2.45) is 0 Å². The maximum Gasteiger partial charge on any atom is 0.161 e. The molecule has 2 unspecified atom stereocenters. The molecular formula is C24H32Cl2O3. The summed E-state index contributed by atoms with van der Waals surface area (Å²) < 4.78 is 18.4. The summed E-state index contributed by atoms with van der Waals surface area (Å²) in [6, 6.07) is 20.3. The highest BCUT2D eigenvalue weighted by Crippen LogP contribution is 2.18. The average Bonchev–Trinajstić information content (AvgIpc) is 2.77. The van der Waals surface area contributed by atoms with Crippen LogP contribution in [-0.4, -0.2) is 24.3 Å². The monoisotopic (exact) mass is 438 g/mol. The van der Waals surface area contributed by atoms with Gasteiger partial charge in [0.15, 0.2) is 12.6 Å². The fraction of sp³-hybridized carbons (Fsp3) is 0.500. The lowest BCUT2D eigenvalue weighted by Crippen LogP contribution is -2.27. The first kappa shape index (κ1) is 24.2. The first-order valence-electron chi connectivity index (χ1n) is 10.4. The third-order valence-electron chi connectivity index (χ3n) is 4.51. The second-order valence-electron chi connectivity index (χ2n) is 6.96. The van der Waals surface area contributed by atoms with Gasteiger partial charge in [-0.25, -0.2) is 0 Å². The molecule has 0 aliphatic rings. The van der Waals surface area contributed by atoms with Crippen molar-refractivity contribution in [3.05, 3.63) is 71.8 Å². The predicted molar refractivity (Wildman–Crippen MR) is 120 cm³/mol. The van der Waals surface area contributed by atoms with E-state index in [0.29, 0.717) is 25.0 Å². The molecule has 0 aliphatic heterocycles. The summed E-state index contributed by atoms with van der Waals surface area (Å²) >= 11 is 11.7. The van der Waals surface area contributed by atoms with Gasteiger partial charge in [-0.1, -0.05) is 60.7 Å². The quantitative estimate of drug-likeness (QED) is 0.162. The van der Waals surface area contributed by atoms with Crippen molar-refractivity contribution in [1.82, 2.24) is 0 Å². The molecule has 3 nitrogen and oxygen atoms in total. The molecule has 0 aliphatic carbocycles. The smallest absolute Gasteiger partial charge is 0.161 e. The number of ether oxygens (including phenoxy) is 3. The lowest BCUT2D eigenvalue weighted by Gasteiger charge is -2.25. The Morgan fingerprint density at radius 3 is 1.38 bits per heavy atom.